The van der Waals surface area contributed by atoms with Crippen molar-refractivity contribution >= 4 is 0 Å². The second kappa shape index (κ2) is 2.01. The molecule has 0 saturated heterocycles. The third-order valence-electron chi connectivity index (χ3n) is 1.11. The molecule has 0 radical (unpaired) electrons. The lowest BCUT2D eigenvalue weighted by Gasteiger charge is -1.95. The molecule has 0 unspecified atom stereocenters. The van der Waals surface area contributed by atoms with Gasteiger partial charge in [0.2, 0.25) is 5.95 Å². The largest absolute Gasteiger partial charge is 0.507 e. The zero-order valence-corrected chi connectivity index (χ0v) is 4.93. The molecule has 0 saturated carbocycles. The molecule has 1 aromatic heterocycles. The SMILES string of the molecule is Cc1c(O)ccnc1F. The Morgan fingerprint density at radius 1 is 1.67 bits per heavy atom. The summed E-state index contributed by atoms with van der Waals surface area (Å²) in [6.07, 6.45) is 1.22. The summed E-state index contributed by atoms with van der Waals surface area (Å²) in [6.45, 7) is 1.47. The summed E-state index contributed by atoms with van der Waals surface area (Å²) in [4.78, 5) is 3.31. The van der Waals surface area contributed by atoms with Crippen molar-refractivity contribution in [1.29, 1.82) is 0 Å². The van der Waals surface area contributed by atoms with Crippen LogP contribution in [0.1, 0.15) is 5.56 Å². The minimum Gasteiger partial charge on any atom is -0.507 e. The number of aromatic hydroxyl groups is 1. The summed E-state index contributed by atoms with van der Waals surface area (Å²) in [5, 5.41) is 8.82. The zero-order chi connectivity index (χ0) is 6.85. The molecule has 0 atom stereocenters. The molecule has 0 aliphatic carbocycles. The molecule has 1 rings (SSSR count). The Morgan fingerprint density at radius 3 is 2.78 bits per heavy atom. The van der Waals surface area contributed by atoms with E-state index in [0.29, 0.717) is 0 Å². The molecule has 1 aromatic rings. The lowest BCUT2D eigenvalue weighted by atomic mass is 10.3. The molecule has 0 spiro atoms. The van der Waals surface area contributed by atoms with Crippen molar-refractivity contribution in [3.05, 3.63) is 23.8 Å². The van der Waals surface area contributed by atoms with Crippen molar-refractivity contribution in [3.63, 3.8) is 0 Å². The topological polar surface area (TPSA) is 33.1 Å². The smallest absolute Gasteiger partial charge is 0.219 e. The number of pyridine rings is 1. The molecule has 3 heteroatoms. The van der Waals surface area contributed by atoms with Gasteiger partial charge in [0, 0.05) is 11.8 Å². The van der Waals surface area contributed by atoms with Gasteiger partial charge in [0.1, 0.15) is 5.75 Å². The van der Waals surface area contributed by atoms with Gasteiger partial charge in [-0.3, -0.25) is 0 Å². The molecule has 1 heterocycles. The summed E-state index contributed by atoms with van der Waals surface area (Å²) in [5.41, 5.74) is 0.192. The van der Waals surface area contributed by atoms with Crippen molar-refractivity contribution in [2.75, 3.05) is 0 Å². The lowest BCUT2D eigenvalue weighted by Crippen LogP contribution is -1.85. The Balaban J connectivity index is 3.25. The second-order valence-corrected chi connectivity index (χ2v) is 1.75. The van der Waals surface area contributed by atoms with E-state index in [1.165, 1.54) is 19.2 Å². The summed E-state index contributed by atoms with van der Waals surface area (Å²) < 4.78 is 12.3. The van der Waals surface area contributed by atoms with E-state index in [1.807, 2.05) is 0 Å². The molecule has 9 heavy (non-hydrogen) atoms. The van der Waals surface area contributed by atoms with Gasteiger partial charge in [0.25, 0.3) is 0 Å². The quantitative estimate of drug-likeness (QED) is 0.532. The van der Waals surface area contributed by atoms with Gasteiger partial charge in [-0.2, -0.15) is 4.39 Å². The van der Waals surface area contributed by atoms with E-state index in [9.17, 15) is 4.39 Å². The fraction of sp³-hybridized carbons (Fsp3) is 0.167. The van der Waals surface area contributed by atoms with Crippen molar-refractivity contribution in [3.8, 4) is 5.75 Å². The number of halogens is 1. The third-order valence-corrected chi connectivity index (χ3v) is 1.11. The molecule has 0 bridgehead atoms. The van der Waals surface area contributed by atoms with Gasteiger partial charge >= 0.3 is 0 Å². The second-order valence-electron chi connectivity index (χ2n) is 1.75. The van der Waals surface area contributed by atoms with Crippen LogP contribution in [0.15, 0.2) is 12.3 Å². The van der Waals surface area contributed by atoms with Gasteiger partial charge in [-0.05, 0) is 13.0 Å². The van der Waals surface area contributed by atoms with Crippen LogP contribution in [-0.4, -0.2) is 10.1 Å². The van der Waals surface area contributed by atoms with Gasteiger partial charge in [0.15, 0.2) is 0 Å². The van der Waals surface area contributed by atoms with Crippen LogP contribution >= 0.6 is 0 Å². The molecule has 1 N–H and O–H groups in total. The first-order valence-electron chi connectivity index (χ1n) is 2.52. The Labute approximate surface area is 52.0 Å². The van der Waals surface area contributed by atoms with Gasteiger partial charge in [-0.1, -0.05) is 0 Å². The van der Waals surface area contributed by atoms with E-state index in [0.717, 1.165) is 0 Å². The van der Waals surface area contributed by atoms with Crippen LogP contribution in [0.3, 0.4) is 0 Å². The van der Waals surface area contributed by atoms with Crippen molar-refractivity contribution in [1.82, 2.24) is 4.98 Å². The van der Waals surface area contributed by atoms with Gasteiger partial charge < -0.3 is 5.11 Å². The summed E-state index contributed by atoms with van der Waals surface area (Å²) >= 11 is 0. The molecule has 0 fully saturated rings. The molecule has 2 nitrogen and oxygen atoms in total. The molecular formula is C6H6FNO. The minimum absolute atomic E-state index is 0.0532. The van der Waals surface area contributed by atoms with Crippen LogP contribution in [0.4, 0.5) is 4.39 Å². The van der Waals surface area contributed by atoms with Gasteiger partial charge in [0.05, 0.1) is 0 Å². The molecule has 0 aliphatic heterocycles. The molecule has 0 amide bonds. The monoisotopic (exact) mass is 127 g/mol. The first-order valence-corrected chi connectivity index (χ1v) is 2.52. The Kier molecular flexibility index (Phi) is 1.34. The fourth-order valence-electron chi connectivity index (χ4n) is 0.501. The number of aromatic nitrogens is 1. The molecular weight excluding hydrogens is 121 g/mol. The van der Waals surface area contributed by atoms with E-state index in [2.05, 4.69) is 4.98 Å². The minimum atomic E-state index is -0.616. The molecule has 48 valence electrons. The molecule has 0 aromatic carbocycles. The highest BCUT2D eigenvalue weighted by Gasteiger charge is 2.00. The Bertz CT molecular complexity index is 204. The van der Waals surface area contributed by atoms with Gasteiger partial charge in [-0.15, -0.1) is 0 Å². The molecule has 0 aliphatic rings. The van der Waals surface area contributed by atoms with Crippen molar-refractivity contribution in [2.24, 2.45) is 0 Å². The Morgan fingerprint density at radius 2 is 2.33 bits per heavy atom. The summed E-state index contributed by atoms with van der Waals surface area (Å²) in [7, 11) is 0. The summed E-state index contributed by atoms with van der Waals surface area (Å²) in [5.74, 6) is -0.669. The summed E-state index contributed by atoms with van der Waals surface area (Å²) in [6, 6.07) is 1.35. The lowest BCUT2D eigenvalue weighted by molar-refractivity contribution is 0.457. The van der Waals surface area contributed by atoms with E-state index in [1.54, 1.807) is 0 Å². The van der Waals surface area contributed by atoms with E-state index >= 15 is 0 Å². The van der Waals surface area contributed by atoms with E-state index in [4.69, 9.17) is 5.11 Å². The maximum Gasteiger partial charge on any atom is 0.219 e. The van der Waals surface area contributed by atoms with Gasteiger partial charge in [-0.25, -0.2) is 4.98 Å². The average Bonchev–Trinajstić information content (AvgIpc) is 1.83. The van der Waals surface area contributed by atoms with E-state index in [-0.39, 0.29) is 11.3 Å². The van der Waals surface area contributed by atoms with Crippen LogP contribution < -0.4 is 0 Å². The van der Waals surface area contributed by atoms with Crippen molar-refractivity contribution in [2.45, 2.75) is 6.92 Å². The number of rotatable bonds is 0. The normalized spacial score (nSPS) is 9.56. The fourth-order valence-corrected chi connectivity index (χ4v) is 0.501. The van der Waals surface area contributed by atoms with Crippen molar-refractivity contribution < 1.29 is 9.50 Å². The predicted octanol–water partition coefficient (Wildman–Crippen LogP) is 1.23. The maximum atomic E-state index is 12.3. The van der Waals surface area contributed by atoms with Crippen LogP contribution in [0.5, 0.6) is 5.75 Å². The predicted molar refractivity (Wildman–Crippen MR) is 30.6 cm³/mol. The van der Waals surface area contributed by atoms with Crippen LogP contribution in [0.25, 0.3) is 0 Å². The first-order chi connectivity index (χ1) is 4.22. The Hall–Kier alpha value is -1.12. The standard InChI is InChI=1S/C6H6FNO/c1-4-5(9)2-3-8-6(4)7/h2-3H,1H3,(H,8,9). The number of hydrogen-bond acceptors (Lipinski definition) is 2. The maximum absolute atomic E-state index is 12.3. The average molecular weight is 127 g/mol. The zero-order valence-electron chi connectivity index (χ0n) is 4.93. The van der Waals surface area contributed by atoms with Crippen LogP contribution in [0, 0.1) is 12.9 Å². The number of hydrogen-bond donors (Lipinski definition) is 1. The third kappa shape index (κ3) is 0.988. The number of nitrogens with zero attached hydrogens (tertiary/aromatic N) is 1. The highest BCUT2D eigenvalue weighted by Crippen LogP contribution is 2.14. The highest BCUT2D eigenvalue weighted by atomic mass is 19.1. The first kappa shape index (κ1) is 6.01. The highest BCUT2D eigenvalue weighted by molar-refractivity contribution is 5.27. The van der Waals surface area contributed by atoms with Crippen LogP contribution in [-0.2, 0) is 0 Å². The van der Waals surface area contributed by atoms with Crippen LogP contribution in [0.2, 0.25) is 0 Å². The van der Waals surface area contributed by atoms with E-state index < -0.39 is 5.95 Å².